The topological polar surface area (TPSA) is 56.7 Å². The first-order valence-corrected chi connectivity index (χ1v) is 8.79. The lowest BCUT2D eigenvalue weighted by Gasteiger charge is -2.31. The molecule has 0 radical (unpaired) electrons. The zero-order valence-electron chi connectivity index (χ0n) is 15.7. The zero-order chi connectivity index (χ0) is 18.4. The first-order valence-electron chi connectivity index (χ1n) is 8.79. The van der Waals surface area contributed by atoms with Crippen molar-refractivity contribution in [2.24, 2.45) is 10.4 Å². The number of rotatable bonds is 5. The van der Waals surface area contributed by atoms with Gasteiger partial charge in [0, 0.05) is 34.2 Å². The highest BCUT2D eigenvalue weighted by molar-refractivity contribution is 5.85. The summed E-state index contributed by atoms with van der Waals surface area (Å²) in [5.74, 6) is 0.638. The molecule has 2 rings (SSSR count). The fourth-order valence-electron chi connectivity index (χ4n) is 3.47. The number of amides is 1. The molecule has 0 aliphatic heterocycles. The van der Waals surface area contributed by atoms with E-state index in [0.717, 1.165) is 31.2 Å². The van der Waals surface area contributed by atoms with Crippen molar-refractivity contribution < 1.29 is 9.18 Å². The van der Waals surface area contributed by atoms with E-state index in [0.29, 0.717) is 24.6 Å². The number of nitrogens with one attached hydrogen (secondary N) is 2. The molecule has 0 unspecified atom stereocenters. The molecule has 25 heavy (non-hydrogen) atoms. The quantitative estimate of drug-likeness (QED) is 0.635. The van der Waals surface area contributed by atoms with Gasteiger partial charge in [-0.3, -0.25) is 9.79 Å². The van der Waals surface area contributed by atoms with Gasteiger partial charge in [0.05, 0.1) is 5.41 Å². The number of hydrogen-bond donors (Lipinski definition) is 2. The average molecular weight is 348 g/mol. The number of guanidine groups is 1. The highest BCUT2D eigenvalue weighted by atomic mass is 19.1. The summed E-state index contributed by atoms with van der Waals surface area (Å²) >= 11 is 0. The van der Waals surface area contributed by atoms with Gasteiger partial charge in [-0.25, -0.2) is 4.39 Å². The average Bonchev–Trinajstić information content (AvgIpc) is 3.07. The SMILES string of the molecule is CN=C(NCc1ccc(F)c(C)c1)NCC1(C(=O)N(C)C)CCCC1. The zero-order valence-corrected chi connectivity index (χ0v) is 15.7. The highest BCUT2D eigenvalue weighted by Gasteiger charge is 2.42. The van der Waals surface area contributed by atoms with Crippen molar-refractivity contribution >= 4 is 11.9 Å². The maximum absolute atomic E-state index is 13.3. The van der Waals surface area contributed by atoms with Crippen molar-refractivity contribution in [2.45, 2.75) is 39.2 Å². The molecule has 0 bridgehead atoms. The van der Waals surface area contributed by atoms with Crippen molar-refractivity contribution in [2.75, 3.05) is 27.7 Å². The molecule has 1 aromatic carbocycles. The normalized spacial score (nSPS) is 16.6. The Labute approximate surface area is 149 Å². The standard InChI is InChI=1S/C19H29FN4O/c1-14-11-15(7-8-16(14)20)12-22-18(21-2)23-13-19(9-5-6-10-19)17(25)24(3)4/h7-8,11H,5-6,9-10,12-13H2,1-4H3,(H2,21,22,23). The molecular formula is C19H29FN4O. The lowest BCUT2D eigenvalue weighted by Crippen LogP contribution is -2.49. The molecule has 138 valence electrons. The molecule has 1 aliphatic carbocycles. The summed E-state index contributed by atoms with van der Waals surface area (Å²) < 4.78 is 13.3. The van der Waals surface area contributed by atoms with Gasteiger partial charge < -0.3 is 15.5 Å². The van der Waals surface area contributed by atoms with Crippen LogP contribution in [0.15, 0.2) is 23.2 Å². The Morgan fingerprint density at radius 1 is 1.28 bits per heavy atom. The fourth-order valence-corrected chi connectivity index (χ4v) is 3.47. The maximum atomic E-state index is 13.3. The Morgan fingerprint density at radius 2 is 1.96 bits per heavy atom. The number of aliphatic imine (C=N–C) groups is 1. The molecule has 2 N–H and O–H groups in total. The number of benzene rings is 1. The summed E-state index contributed by atoms with van der Waals surface area (Å²) in [4.78, 5) is 18.5. The Balaban J connectivity index is 1.95. The number of aryl methyl sites for hydroxylation is 1. The number of nitrogens with zero attached hydrogens (tertiary/aromatic N) is 2. The van der Waals surface area contributed by atoms with Gasteiger partial charge in [0.15, 0.2) is 5.96 Å². The predicted molar refractivity (Wildman–Crippen MR) is 98.9 cm³/mol. The second-order valence-corrected chi connectivity index (χ2v) is 7.05. The second-order valence-electron chi connectivity index (χ2n) is 7.05. The van der Waals surface area contributed by atoms with Crippen molar-refractivity contribution in [3.63, 3.8) is 0 Å². The van der Waals surface area contributed by atoms with Crippen LogP contribution in [0.3, 0.4) is 0 Å². The third kappa shape index (κ3) is 4.71. The maximum Gasteiger partial charge on any atom is 0.230 e. The van der Waals surface area contributed by atoms with E-state index < -0.39 is 0 Å². The molecule has 0 aromatic heterocycles. The van der Waals surface area contributed by atoms with E-state index in [1.54, 1.807) is 24.9 Å². The molecule has 0 saturated heterocycles. The Morgan fingerprint density at radius 3 is 2.52 bits per heavy atom. The summed E-state index contributed by atoms with van der Waals surface area (Å²) in [6, 6.07) is 5.06. The van der Waals surface area contributed by atoms with E-state index in [1.165, 1.54) is 6.07 Å². The smallest absolute Gasteiger partial charge is 0.230 e. The van der Waals surface area contributed by atoms with Crippen molar-refractivity contribution in [1.82, 2.24) is 15.5 Å². The van der Waals surface area contributed by atoms with Gasteiger partial charge in [-0.1, -0.05) is 25.0 Å². The molecule has 1 amide bonds. The van der Waals surface area contributed by atoms with Gasteiger partial charge >= 0.3 is 0 Å². The first kappa shape index (κ1) is 19.2. The van der Waals surface area contributed by atoms with Crippen molar-refractivity contribution in [1.29, 1.82) is 0 Å². The highest BCUT2D eigenvalue weighted by Crippen LogP contribution is 2.38. The molecule has 1 fully saturated rings. The molecule has 6 heteroatoms. The molecule has 0 heterocycles. The number of halogens is 1. The van der Waals surface area contributed by atoms with Crippen LogP contribution in [-0.2, 0) is 11.3 Å². The summed E-state index contributed by atoms with van der Waals surface area (Å²) in [6.07, 6.45) is 3.99. The van der Waals surface area contributed by atoms with Crippen LogP contribution in [0.1, 0.15) is 36.8 Å². The van der Waals surface area contributed by atoms with Gasteiger partial charge in [-0.15, -0.1) is 0 Å². The van der Waals surface area contributed by atoms with E-state index in [-0.39, 0.29) is 17.1 Å². The molecule has 0 spiro atoms. The van der Waals surface area contributed by atoms with Gasteiger partial charge in [0.1, 0.15) is 5.82 Å². The van der Waals surface area contributed by atoms with E-state index in [4.69, 9.17) is 0 Å². The van der Waals surface area contributed by atoms with Crippen LogP contribution in [0.5, 0.6) is 0 Å². The van der Waals surface area contributed by atoms with Crippen LogP contribution in [0.4, 0.5) is 4.39 Å². The number of carbonyl (C=O) groups is 1. The summed E-state index contributed by atoms with van der Waals surface area (Å²) in [5, 5.41) is 6.53. The minimum atomic E-state index is -0.340. The molecular weight excluding hydrogens is 319 g/mol. The Bertz CT molecular complexity index is 636. The van der Waals surface area contributed by atoms with Crippen LogP contribution in [0.2, 0.25) is 0 Å². The molecule has 1 saturated carbocycles. The van der Waals surface area contributed by atoms with E-state index in [2.05, 4.69) is 15.6 Å². The largest absolute Gasteiger partial charge is 0.355 e. The summed E-state index contributed by atoms with van der Waals surface area (Å²) in [7, 11) is 5.33. The lowest BCUT2D eigenvalue weighted by atomic mass is 9.84. The third-order valence-corrected chi connectivity index (χ3v) is 4.92. The van der Waals surface area contributed by atoms with Crippen LogP contribution in [-0.4, -0.2) is 44.5 Å². The van der Waals surface area contributed by atoms with Crippen LogP contribution >= 0.6 is 0 Å². The van der Waals surface area contributed by atoms with Crippen molar-refractivity contribution in [3.05, 3.63) is 35.1 Å². The molecule has 5 nitrogen and oxygen atoms in total. The fraction of sp³-hybridized carbons (Fsp3) is 0.579. The first-order chi connectivity index (χ1) is 11.9. The minimum absolute atomic E-state index is 0.183. The molecule has 1 aliphatic rings. The van der Waals surface area contributed by atoms with E-state index in [9.17, 15) is 9.18 Å². The monoisotopic (exact) mass is 348 g/mol. The van der Waals surface area contributed by atoms with Crippen LogP contribution in [0.25, 0.3) is 0 Å². The number of hydrogen-bond acceptors (Lipinski definition) is 2. The van der Waals surface area contributed by atoms with Gasteiger partial charge in [-0.2, -0.15) is 0 Å². The van der Waals surface area contributed by atoms with Gasteiger partial charge in [0.25, 0.3) is 0 Å². The van der Waals surface area contributed by atoms with Gasteiger partial charge in [0.2, 0.25) is 5.91 Å². The van der Waals surface area contributed by atoms with Crippen molar-refractivity contribution in [3.8, 4) is 0 Å². The van der Waals surface area contributed by atoms with Gasteiger partial charge in [-0.05, 0) is 37.0 Å². The summed E-state index contributed by atoms with van der Waals surface area (Å²) in [6.45, 7) is 2.88. The van der Waals surface area contributed by atoms with E-state index >= 15 is 0 Å². The van der Waals surface area contributed by atoms with Crippen LogP contribution in [0, 0.1) is 18.2 Å². The number of carbonyl (C=O) groups excluding carboxylic acids is 1. The predicted octanol–water partition coefficient (Wildman–Crippen LogP) is 2.45. The third-order valence-electron chi connectivity index (χ3n) is 4.92. The second kappa shape index (κ2) is 8.32. The minimum Gasteiger partial charge on any atom is -0.355 e. The lowest BCUT2D eigenvalue weighted by molar-refractivity contribution is -0.138. The Hall–Kier alpha value is -2.11. The molecule has 0 atom stereocenters. The summed E-state index contributed by atoms with van der Waals surface area (Å²) in [5.41, 5.74) is 1.28. The van der Waals surface area contributed by atoms with Crippen LogP contribution < -0.4 is 10.6 Å². The van der Waals surface area contributed by atoms with E-state index in [1.807, 2.05) is 20.2 Å². The Kier molecular flexibility index (Phi) is 6.39. The molecule has 1 aromatic rings.